The minimum atomic E-state index is -0.416. The van der Waals surface area contributed by atoms with Crippen molar-refractivity contribution in [2.75, 3.05) is 13.2 Å². The molecule has 1 fully saturated rings. The van der Waals surface area contributed by atoms with Crippen LogP contribution in [0.1, 0.15) is 19.4 Å². The lowest BCUT2D eigenvalue weighted by molar-refractivity contribution is -0.128. The van der Waals surface area contributed by atoms with Gasteiger partial charge >= 0.3 is 6.03 Å². The minimum absolute atomic E-state index is 0.0914. The van der Waals surface area contributed by atoms with E-state index in [0.29, 0.717) is 6.61 Å². The highest BCUT2D eigenvalue weighted by molar-refractivity contribution is 6.04. The van der Waals surface area contributed by atoms with Crippen LogP contribution in [0.2, 0.25) is 0 Å². The molecule has 0 bridgehead atoms. The Kier molecular flexibility index (Phi) is 4.27. The van der Waals surface area contributed by atoms with Gasteiger partial charge in [0.05, 0.1) is 6.54 Å². The van der Waals surface area contributed by atoms with Gasteiger partial charge in [0.1, 0.15) is 18.4 Å². The summed E-state index contributed by atoms with van der Waals surface area (Å²) in [6.45, 7) is 6.35. The average Bonchev–Trinajstić information content (AvgIpc) is 2.68. The van der Waals surface area contributed by atoms with Gasteiger partial charge in [0.2, 0.25) is 0 Å². The fourth-order valence-corrected chi connectivity index (χ4v) is 2.17. The number of hydrogen-bond donors (Lipinski definition) is 1. The number of hydrogen-bond acceptors (Lipinski definition) is 3. The quantitative estimate of drug-likeness (QED) is 0.836. The molecule has 5 heteroatoms. The fourth-order valence-electron chi connectivity index (χ4n) is 2.17. The van der Waals surface area contributed by atoms with Gasteiger partial charge in [-0.25, -0.2) is 4.79 Å². The second-order valence-corrected chi connectivity index (χ2v) is 5.28. The zero-order chi connectivity index (χ0) is 14.7. The predicted octanol–water partition coefficient (Wildman–Crippen LogP) is 1.95. The van der Waals surface area contributed by atoms with Crippen LogP contribution in [0.3, 0.4) is 0 Å². The third-order valence-electron chi connectivity index (χ3n) is 3.39. The van der Waals surface area contributed by atoms with Gasteiger partial charge < -0.3 is 10.1 Å². The topological polar surface area (TPSA) is 58.6 Å². The summed E-state index contributed by atoms with van der Waals surface area (Å²) in [5.41, 5.74) is 1.03. The average molecular weight is 276 g/mol. The highest BCUT2D eigenvalue weighted by Gasteiger charge is 2.39. The van der Waals surface area contributed by atoms with E-state index in [1.807, 2.05) is 45.0 Å². The van der Waals surface area contributed by atoms with Crippen LogP contribution in [-0.2, 0) is 4.79 Å². The molecule has 0 spiro atoms. The Morgan fingerprint density at radius 1 is 1.30 bits per heavy atom. The lowest BCUT2D eigenvalue weighted by atomic mass is 10.1. The number of rotatable bonds is 5. The summed E-state index contributed by atoms with van der Waals surface area (Å²) in [7, 11) is 0. The maximum atomic E-state index is 12.1. The van der Waals surface area contributed by atoms with E-state index < -0.39 is 6.04 Å². The highest BCUT2D eigenvalue weighted by Crippen LogP contribution is 2.17. The van der Waals surface area contributed by atoms with Crippen molar-refractivity contribution in [1.29, 1.82) is 0 Å². The molecule has 1 aliphatic heterocycles. The van der Waals surface area contributed by atoms with Gasteiger partial charge in [-0.15, -0.1) is 0 Å². The van der Waals surface area contributed by atoms with Crippen molar-refractivity contribution in [3.63, 3.8) is 0 Å². The summed E-state index contributed by atoms with van der Waals surface area (Å²) >= 11 is 0. The van der Waals surface area contributed by atoms with E-state index in [1.54, 1.807) is 0 Å². The van der Waals surface area contributed by atoms with Crippen LogP contribution in [0.25, 0.3) is 0 Å². The van der Waals surface area contributed by atoms with Crippen LogP contribution < -0.4 is 10.1 Å². The van der Waals surface area contributed by atoms with Crippen LogP contribution in [-0.4, -0.2) is 36.0 Å². The maximum absolute atomic E-state index is 12.1. The standard InChI is InChI=1S/C15H20N2O3/c1-10(2)13-14(18)17(15(19)16-13)8-9-20-12-7-5-4-6-11(12)3/h4-7,10,13H,8-9H2,1-3H3,(H,16,19). The lowest BCUT2D eigenvalue weighted by Crippen LogP contribution is -2.36. The Bertz CT molecular complexity index is 514. The summed E-state index contributed by atoms with van der Waals surface area (Å²) in [6, 6.07) is 6.91. The first-order chi connectivity index (χ1) is 9.50. The van der Waals surface area contributed by atoms with Crippen molar-refractivity contribution in [3.8, 4) is 5.75 Å². The van der Waals surface area contributed by atoms with Gasteiger partial charge in [-0.3, -0.25) is 9.69 Å². The van der Waals surface area contributed by atoms with E-state index in [2.05, 4.69) is 5.32 Å². The Morgan fingerprint density at radius 3 is 2.60 bits per heavy atom. The summed E-state index contributed by atoms with van der Waals surface area (Å²) in [4.78, 5) is 25.0. The zero-order valence-electron chi connectivity index (χ0n) is 12.1. The Morgan fingerprint density at radius 2 is 2.00 bits per heavy atom. The first-order valence-corrected chi connectivity index (χ1v) is 6.81. The Labute approximate surface area is 118 Å². The van der Waals surface area contributed by atoms with Crippen molar-refractivity contribution in [2.24, 2.45) is 5.92 Å². The molecule has 20 heavy (non-hydrogen) atoms. The fraction of sp³-hybridized carbons (Fsp3) is 0.467. The van der Waals surface area contributed by atoms with E-state index in [-0.39, 0.29) is 24.4 Å². The molecule has 1 aliphatic rings. The Hall–Kier alpha value is -2.04. The molecular formula is C15H20N2O3. The summed E-state index contributed by atoms with van der Waals surface area (Å²) < 4.78 is 5.62. The van der Waals surface area contributed by atoms with E-state index in [9.17, 15) is 9.59 Å². The van der Waals surface area contributed by atoms with Crippen LogP contribution >= 0.6 is 0 Å². The molecule has 1 heterocycles. The SMILES string of the molecule is Cc1ccccc1OCCN1C(=O)NC(C(C)C)C1=O. The number of nitrogens with zero attached hydrogens (tertiary/aromatic N) is 1. The second kappa shape index (κ2) is 5.94. The number of urea groups is 1. The molecule has 0 aromatic heterocycles. The molecule has 0 aliphatic carbocycles. The van der Waals surface area contributed by atoms with Crippen molar-refractivity contribution in [2.45, 2.75) is 26.8 Å². The first-order valence-electron chi connectivity index (χ1n) is 6.81. The lowest BCUT2D eigenvalue weighted by Gasteiger charge is -2.15. The molecule has 0 radical (unpaired) electrons. The number of amides is 3. The number of carbonyl (C=O) groups is 2. The van der Waals surface area contributed by atoms with Crippen molar-refractivity contribution < 1.29 is 14.3 Å². The number of nitrogens with one attached hydrogen (secondary N) is 1. The number of carbonyl (C=O) groups excluding carboxylic acids is 2. The number of ether oxygens (including phenoxy) is 1. The number of benzene rings is 1. The summed E-state index contributed by atoms with van der Waals surface area (Å²) in [5.74, 6) is 0.701. The molecule has 0 saturated carbocycles. The van der Waals surface area contributed by atoms with Crippen molar-refractivity contribution in [3.05, 3.63) is 29.8 Å². The van der Waals surface area contributed by atoms with Crippen LogP contribution in [0.15, 0.2) is 24.3 Å². The van der Waals surface area contributed by atoms with Gasteiger partial charge in [0.15, 0.2) is 0 Å². The molecule has 5 nitrogen and oxygen atoms in total. The third-order valence-corrected chi connectivity index (χ3v) is 3.39. The monoisotopic (exact) mass is 276 g/mol. The molecule has 108 valence electrons. The Balaban J connectivity index is 1.90. The van der Waals surface area contributed by atoms with E-state index in [4.69, 9.17) is 4.74 Å². The predicted molar refractivity (Wildman–Crippen MR) is 75.5 cm³/mol. The summed E-state index contributed by atoms with van der Waals surface area (Å²) in [6.07, 6.45) is 0. The molecule has 1 aromatic rings. The van der Waals surface area contributed by atoms with Gasteiger partial charge in [-0.2, -0.15) is 0 Å². The van der Waals surface area contributed by atoms with Gasteiger partial charge in [-0.1, -0.05) is 32.0 Å². The second-order valence-electron chi connectivity index (χ2n) is 5.28. The van der Waals surface area contributed by atoms with Crippen molar-refractivity contribution in [1.82, 2.24) is 10.2 Å². The largest absolute Gasteiger partial charge is 0.491 e. The first kappa shape index (κ1) is 14.4. The van der Waals surface area contributed by atoms with Gasteiger partial charge in [0, 0.05) is 0 Å². The number of aryl methyl sites for hydroxylation is 1. The summed E-state index contributed by atoms with van der Waals surface area (Å²) in [5, 5.41) is 2.70. The van der Waals surface area contributed by atoms with Crippen molar-refractivity contribution >= 4 is 11.9 Å². The smallest absolute Gasteiger partial charge is 0.324 e. The van der Waals surface area contributed by atoms with E-state index in [0.717, 1.165) is 11.3 Å². The maximum Gasteiger partial charge on any atom is 0.324 e. The molecule has 1 aromatic carbocycles. The molecule has 1 N–H and O–H groups in total. The van der Waals surface area contributed by atoms with Gasteiger partial charge in [-0.05, 0) is 24.5 Å². The van der Waals surface area contributed by atoms with E-state index >= 15 is 0 Å². The molecular weight excluding hydrogens is 256 g/mol. The number of imide groups is 1. The normalized spacial score (nSPS) is 18.6. The van der Waals surface area contributed by atoms with E-state index in [1.165, 1.54) is 4.90 Å². The van der Waals surface area contributed by atoms with Crippen LogP contribution in [0, 0.1) is 12.8 Å². The molecule has 2 rings (SSSR count). The molecule has 1 unspecified atom stereocenters. The van der Waals surface area contributed by atoms with Crippen LogP contribution in [0.5, 0.6) is 5.75 Å². The zero-order valence-corrected chi connectivity index (χ0v) is 12.1. The molecule has 1 saturated heterocycles. The van der Waals surface area contributed by atoms with Crippen LogP contribution in [0.4, 0.5) is 4.79 Å². The molecule has 3 amide bonds. The van der Waals surface area contributed by atoms with Gasteiger partial charge in [0.25, 0.3) is 5.91 Å². The minimum Gasteiger partial charge on any atom is -0.491 e. The molecule has 1 atom stereocenters. The highest BCUT2D eigenvalue weighted by atomic mass is 16.5. The number of para-hydroxylation sites is 1. The third kappa shape index (κ3) is 2.92.